The highest BCUT2D eigenvalue weighted by Gasteiger charge is 2.50. The van der Waals surface area contributed by atoms with Crippen molar-refractivity contribution in [3.05, 3.63) is 238 Å². The number of nitrogens with one attached hydrogen (secondary N) is 2. The van der Waals surface area contributed by atoms with E-state index in [0.717, 1.165) is 83.5 Å². The number of ether oxygens (including phenoxy) is 1. The fourth-order valence-corrected chi connectivity index (χ4v) is 11.7. The molecule has 7 heteroatoms. The maximum atomic E-state index is 15.1. The molecular weight excluding hydrogens is 993 g/mol. The normalized spacial score (nSPS) is 15.2. The number of aromatic nitrogens is 4. The van der Waals surface area contributed by atoms with Crippen molar-refractivity contribution in [2.24, 2.45) is 0 Å². The Kier molecular flexibility index (Phi) is 12.6. The lowest BCUT2D eigenvalue weighted by atomic mass is 9.69. The first-order valence-electron chi connectivity index (χ1n) is 28.2. The standard InChI is InChI=1S/C74H70N4O3/c1-70(2,3)48-29-23-44(24-30-48)61-55-37-38-56(75-55)62(45-25-31-49(32-26-45)71(4,5)6)58-40-42-60(77-58)64-53-36-35-52(73(10,11)12)43-54(53)74(80,51-21-17-14-18-22-51)65-66(64)78-67(68(65)81-69(79)47-19-15-13-16-20-47)63(59-41-39-57(61)76-59)46-27-33-50(34-28-46)72(7,8)9/h13-43,76-77,80H,1-12H3. The second-order valence-corrected chi connectivity index (χ2v) is 26.1. The third-order valence-corrected chi connectivity index (χ3v) is 16.4. The molecule has 1 aliphatic carbocycles. The smallest absolute Gasteiger partial charge is 0.343 e. The average Bonchev–Trinajstić information content (AvgIpc) is 2.33. The summed E-state index contributed by atoms with van der Waals surface area (Å²) in [7, 11) is 0. The minimum Gasteiger partial charge on any atom is -0.420 e. The van der Waals surface area contributed by atoms with E-state index in [-0.39, 0.29) is 27.4 Å². The molecule has 3 N–H and O–H groups in total. The maximum Gasteiger partial charge on any atom is 0.343 e. The molecule has 6 aromatic carbocycles. The molecule has 3 aliphatic rings. The molecule has 0 saturated carbocycles. The second-order valence-electron chi connectivity index (χ2n) is 26.1. The van der Waals surface area contributed by atoms with Gasteiger partial charge in [0.2, 0.25) is 0 Å². The lowest BCUT2D eigenvalue weighted by molar-refractivity contribution is 0.0688. The number of nitrogens with zero attached hydrogens (tertiary/aromatic N) is 2. The van der Waals surface area contributed by atoms with Gasteiger partial charge >= 0.3 is 5.97 Å². The molecule has 0 spiro atoms. The number of aromatic amines is 2. The van der Waals surface area contributed by atoms with Crippen LogP contribution in [0.3, 0.4) is 0 Å². The van der Waals surface area contributed by atoms with Crippen LogP contribution in [-0.2, 0) is 32.0 Å². The molecule has 404 valence electrons. The maximum absolute atomic E-state index is 15.1. The summed E-state index contributed by atoms with van der Waals surface area (Å²) in [6, 6.07) is 59.9. The van der Waals surface area contributed by atoms with Crippen molar-refractivity contribution >= 4 is 51.5 Å². The minimum absolute atomic E-state index is 0.0552. The van der Waals surface area contributed by atoms with Gasteiger partial charge in [-0.2, -0.15) is 0 Å². The van der Waals surface area contributed by atoms with Gasteiger partial charge in [-0.05, 0) is 120 Å². The summed E-state index contributed by atoms with van der Waals surface area (Å²) in [5.74, 6) is -0.420. The van der Waals surface area contributed by atoms with Crippen LogP contribution in [0.1, 0.15) is 150 Å². The molecule has 1 atom stereocenters. The van der Waals surface area contributed by atoms with Crippen LogP contribution in [0.25, 0.3) is 90.1 Å². The van der Waals surface area contributed by atoms with Crippen molar-refractivity contribution in [2.75, 3.05) is 0 Å². The van der Waals surface area contributed by atoms with Gasteiger partial charge in [-0.25, -0.2) is 14.8 Å². The minimum atomic E-state index is -1.89. The van der Waals surface area contributed by atoms with E-state index in [1.54, 1.807) is 12.1 Å². The van der Waals surface area contributed by atoms with Gasteiger partial charge < -0.3 is 19.8 Å². The fraction of sp³-hybridized carbons (Fsp3) is 0.230. The molecule has 81 heavy (non-hydrogen) atoms. The molecule has 0 radical (unpaired) electrons. The van der Waals surface area contributed by atoms with Crippen LogP contribution in [0.5, 0.6) is 0 Å². The number of carbonyl (C=O) groups excluding carboxylic acids is 1. The van der Waals surface area contributed by atoms with Crippen LogP contribution in [0.15, 0.2) is 176 Å². The van der Waals surface area contributed by atoms with Gasteiger partial charge in [0.05, 0.1) is 28.2 Å². The number of H-pyrrole nitrogens is 2. The van der Waals surface area contributed by atoms with Crippen molar-refractivity contribution in [1.29, 1.82) is 0 Å². The van der Waals surface area contributed by atoms with Crippen molar-refractivity contribution in [3.8, 4) is 44.5 Å². The van der Waals surface area contributed by atoms with E-state index in [0.29, 0.717) is 39.2 Å². The highest BCUT2D eigenvalue weighted by molar-refractivity contribution is 6.12. The van der Waals surface area contributed by atoms with Crippen LogP contribution >= 0.6 is 0 Å². The molecule has 7 nitrogen and oxygen atoms in total. The first-order valence-corrected chi connectivity index (χ1v) is 28.2. The Hall–Kier alpha value is -8.65. The Morgan fingerprint density at radius 1 is 0.444 bits per heavy atom. The summed E-state index contributed by atoms with van der Waals surface area (Å²) in [5, 5.41) is 14.5. The van der Waals surface area contributed by atoms with E-state index in [4.69, 9.17) is 14.7 Å². The van der Waals surface area contributed by atoms with Crippen LogP contribution in [-0.4, -0.2) is 31.0 Å². The molecule has 8 bridgehead atoms. The molecule has 2 aliphatic heterocycles. The van der Waals surface area contributed by atoms with Gasteiger partial charge in [-0.3, -0.25) is 0 Å². The molecule has 3 aromatic heterocycles. The number of rotatable bonds is 6. The molecule has 1 unspecified atom stereocenters. The highest BCUT2D eigenvalue weighted by Crippen LogP contribution is 2.58. The summed E-state index contributed by atoms with van der Waals surface area (Å²) in [6.45, 7) is 26.6. The molecule has 0 saturated heterocycles. The number of esters is 1. The monoisotopic (exact) mass is 1060 g/mol. The van der Waals surface area contributed by atoms with Gasteiger partial charge in [-0.15, -0.1) is 0 Å². The Morgan fingerprint density at radius 3 is 1.31 bits per heavy atom. The van der Waals surface area contributed by atoms with Gasteiger partial charge in [0.15, 0.2) is 5.76 Å². The molecule has 0 fully saturated rings. The largest absolute Gasteiger partial charge is 0.420 e. The third-order valence-electron chi connectivity index (χ3n) is 16.4. The van der Waals surface area contributed by atoms with E-state index < -0.39 is 11.6 Å². The molecular formula is C74H70N4O3. The number of hydrogen-bond acceptors (Lipinski definition) is 5. The molecule has 0 amide bonds. The van der Waals surface area contributed by atoms with Crippen LogP contribution in [0.4, 0.5) is 0 Å². The lowest BCUT2D eigenvalue weighted by Gasteiger charge is -2.38. The van der Waals surface area contributed by atoms with E-state index in [9.17, 15) is 5.11 Å². The Bertz CT molecular complexity index is 4210. The zero-order valence-electron chi connectivity index (χ0n) is 48.6. The molecule has 12 rings (SSSR count). The Balaban J connectivity index is 1.31. The summed E-state index contributed by atoms with van der Waals surface area (Å²) < 4.78 is 6.99. The summed E-state index contributed by atoms with van der Waals surface area (Å²) in [5.41, 5.74) is 16.8. The summed E-state index contributed by atoms with van der Waals surface area (Å²) in [4.78, 5) is 34.4. The van der Waals surface area contributed by atoms with Crippen LogP contribution < -0.4 is 0 Å². The predicted molar refractivity (Wildman–Crippen MR) is 335 cm³/mol. The van der Waals surface area contributed by atoms with Crippen molar-refractivity contribution in [3.63, 3.8) is 0 Å². The quantitative estimate of drug-likeness (QED) is 0.144. The van der Waals surface area contributed by atoms with Crippen LogP contribution in [0.2, 0.25) is 0 Å². The van der Waals surface area contributed by atoms with Crippen molar-refractivity contribution in [2.45, 2.75) is 110 Å². The molecule has 5 heterocycles. The van der Waals surface area contributed by atoms with E-state index in [2.05, 4.69) is 220 Å². The Morgan fingerprint density at radius 2 is 0.852 bits per heavy atom. The van der Waals surface area contributed by atoms with E-state index in [1.165, 1.54) is 11.1 Å². The number of fused-ring (bicyclic) bond motifs is 10. The van der Waals surface area contributed by atoms with Crippen LogP contribution in [0, 0.1) is 0 Å². The Labute approximate surface area is 476 Å². The number of carbonyl (C=O) groups is 1. The number of aliphatic hydroxyl groups is 1. The van der Waals surface area contributed by atoms with Gasteiger partial charge in [0.1, 0.15) is 11.3 Å². The predicted octanol–water partition coefficient (Wildman–Crippen LogP) is 18.3. The van der Waals surface area contributed by atoms with Gasteiger partial charge in [-0.1, -0.05) is 223 Å². The average molecular weight is 1060 g/mol. The number of benzene rings is 6. The lowest BCUT2D eigenvalue weighted by Crippen LogP contribution is -2.33. The first-order chi connectivity index (χ1) is 38.5. The van der Waals surface area contributed by atoms with Crippen molar-refractivity contribution < 1.29 is 14.6 Å². The second kappa shape index (κ2) is 19.3. The van der Waals surface area contributed by atoms with E-state index >= 15 is 4.79 Å². The number of hydrogen-bond donors (Lipinski definition) is 3. The SMILES string of the molecule is CC(C)(C)c1ccc(-c2c3nc(c(-c4ccc(C(C)(C)C)cc4)c4ccc([nH]4)c4c5nc(c(-c6ccc(C(C)(C)C)cc6)c6ccc2[nH]6)C(OC(=O)c2ccccc2)=C5C(O)(c2ccccc2)c2cc(C(C)(C)C)ccc2-4)C=C3)cc1. The first kappa shape index (κ1) is 53.0. The summed E-state index contributed by atoms with van der Waals surface area (Å²) in [6.07, 6.45) is 4.27. The summed E-state index contributed by atoms with van der Waals surface area (Å²) >= 11 is 0. The van der Waals surface area contributed by atoms with E-state index in [1.807, 2.05) is 48.5 Å². The zero-order valence-corrected chi connectivity index (χ0v) is 48.6. The molecule has 9 aromatic rings. The topological polar surface area (TPSA) is 104 Å². The zero-order chi connectivity index (χ0) is 57.0. The third kappa shape index (κ3) is 9.37. The van der Waals surface area contributed by atoms with Gasteiger partial charge in [0, 0.05) is 49.9 Å². The van der Waals surface area contributed by atoms with Crippen molar-refractivity contribution in [1.82, 2.24) is 19.9 Å². The van der Waals surface area contributed by atoms with Gasteiger partial charge in [0.25, 0.3) is 0 Å². The highest BCUT2D eigenvalue weighted by atomic mass is 16.5. The fourth-order valence-electron chi connectivity index (χ4n) is 11.7.